The summed E-state index contributed by atoms with van der Waals surface area (Å²) in [6.45, 7) is 1.74. The van der Waals surface area contributed by atoms with Crippen LogP contribution >= 0.6 is 0 Å². The fraction of sp³-hybridized carbons (Fsp3) is 0.571. The molecule has 1 N–H and O–H groups in total. The first-order valence-electron chi connectivity index (χ1n) is 6.79. The summed E-state index contributed by atoms with van der Waals surface area (Å²) in [4.78, 5) is 13.0. The number of nitrogens with zero attached hydrogens (tertiary/aromatic N) is 2. The van der Waals surface area contributed by atoms with Gasteiger partial charge in [-0.15, -0.1) is 0 Å². The third kappa shape index (κ3) is 4.01. The highest BCUT2D eigenvalue weighted by molar-refractivity contribution is 5.39. The van der Waals surface area contributed by atoms with E-state index in [0.717, 1.165) is 24.9 Å². The van der Waals surface area contributed by atoms with Crippen LogP contribution in [-0.2, 0) is 6.54 Å². The molecule has 0 amide bonds. The highest BCUT2D eigenvalue weighted by Crippen LogP contribution is 2.30. The molecule has 1 aromatic carbocycles. The lowest BCUT2D eigenvalue weighted by Gasteiger charge is -2.21. The number of nitro groups is 1. The van der Waals surface area contributed by atoms with Gasteiger partial charge in [-0.1, -0.05) is 18.2 Å². The predicted octanol–water partition coefficient (Wildman–Crippen LogP) is 2.33. The van der Waals surface area contributed by atoms with Crippen molar-refractivity contribution in [2.45, 2.75) is 38.3 Å². The molecule has 0 atom stereocenters. The molecule has 0 spiro atoms. The van der Waals surface area contributed by atoms with Gasteiger partial charge in [-0.3, -0.25) is 15.0 Å². The van der Waals surface area contributed by atoms with Gasteiger partial charge in [0.1, 0.15) is 0 Å². The van der Waals surface area contributed by atoms with Gasteiger partial charge in [0, 0.05) is 30.8 Å². The van der Waals surface area contributed by atoms with Gasteiger partial charge in [-0.25, -0.2) is 0 Å². The van der Waals surface area contributed by atoms with Gasteiger partial charge in [0.15, 0.2) is 0 Å². The quantitative estimate of drug-likeness (QED) is 0.444. The molecule has 2 rings (SSSR count). The summed E-state index contributed by atoms with van der Waals surface area (Å²) >= 11 is 0. The first kappa shape index (κ1) is 14.0. The van der Waals surface area contributed by atoms with Gasteiger partial charge in [-0.2, -0.15) is 0 Å². The van der Waals surface area contributed by atoms with Crippen LogP contribution in [0.1, 0.15) is 31.2 Å². The van der Waals surface area contributed by atoms with E-state index in [9.17, 15) is 10.1 Å². The van der Waals surface area contributed by atoms with Crippen LogP contribution in [0.4, 0.5) is 5.69 Å². The summed E-state index contributed by atoms with van der Waals surface area (Å²) in [6, 6.07) is 7.52. The first-order chi connectivity index (χ1) is 9.22. The fourth-order valence-electron chi connectivity index (χ4n) is 2.30. The van der Waals surface area contributed by atoms with Gasteiger partial charge in [0.05, 0.1) is 4.92 Å². The van der Waals surface area contributed by atoms with Crippen LogP contribution in [0.15, 0.2) is 24.3 Å². The fourth-order valence-corrected chi connectivity index (χ4v) is 2.30. The first-order valence-corrected chi connectivity index (χ1v) is 6.79. The summed E-state index contributed by atoms with van der Waals surface area (Å²) in [5, 5.41) is 19.8. The van der Waals surface area contributed by atoms with Crippen LogP contribution in [0.3, 0.4) is 0 Å². The van der Waals surface area contributed by atoms with Crippen molar-refractivity contribution in [3.8, 4) is 0 Å². The molecule has 0 unspecified atom stereocenters. The van der Waals surface area contributed by atoms with Crippen molar-refractivity contribution < 1.29 is 10.0 Å². The Morgan fingerprint density at radius 1 is 1.32 bits per heavy atom. The maximum Gasteiger partial charge on any atom is 0.273 e. The highest BCUT2D eigenvalue weighted by atomic mass is 16.6. The predicted molar refractivity (Wildman–Crippen MR) is 72.8 cm³/mol. The molecule has 0 aliphatic heterocycles. The smallest absolute Gasteiger partial charge is 0.273 e. The highest BCUT2D eigenvalue weighted by Gasteiger charge is 2.29. The molecular weight excluding hydrogens is 244 g/mol. The van der Waals surface area contributed by atoms with Crippen molar-refractivity contribution >= 4 is 5.69 Å². The van der Waals surface area contributed by atoms with E-state index >= 15 is 0 Å². The van der Waals surface area contributed by atoms with Gasteiger partial charge in [0.25, 0.3) is 5.69 Å². The molecule has 1 aliphatic rings. The standard InChI is InChI=1S/C14H20N2O3/c17-10-4-3-9-15(13-7-8-13)11-12-5-1-2-6-14(12)16(18)19/h1-2,5-6,13,17H,3-4,7-11H2. The van der Waals surface area contributed by atoms with E-state index in [1.807, 2.05) is 12.1 Å². The van der Waals surface area contributed by atoms with Crippen LogP contribution in [0.25, 0.3) is 0 Å². The number of aliphatic hydroxyl groups excluding tert-OH is 1. The number of nitro benzene ring substituents is 1. The minimum Gasteiger partial charge on any atom is -0.396 e. The van der Waals surface area contributed by atoms with E-state index < -0.39 is 0 Å². The summed E-state index contributed by atoms with van der Waals surface area (Å²) in [5.41, 5.74) is 0.985. The Bertz CT molecular complexity index is 432. The minimum absolute atomic E-state index is 0.204. The van der Waals surface area contributed by atoms with Crippen LogP contribution in [0.5, 0.6) is 0 Å². The molecule has 1 aliphatic carbocycles. The van der Waals surface area contributed by atoms with Crippen LogP contribution < -0.4 is 0 Å². The van der Waals surface area contributed by atoms with E-state index in [0.29, 0.717) is 12.6 Å². The number of para-hydroxylation sites is 1. The number of hydrogen-bond donors (Lipinski definition) is 1. The molecule has 1 saturated carbocycles. The Morgan fingerprint density at radius 2 is 2.05 bits per heavy atom. The summed E-state index contributed by atoms with van der Waals surface area (Å²) in [6.07, 6.45) is 4.09. The van der Waals surface area contributed by atoms with E-state index in [1.165, 1.54) is 12.8 Å². The van der Waals surface area contributed by atoms with Crippen LogP contribution in [0.2, 0.25) is 0 Å². The Kier molecular flexibility index (Phi) is 4.87. The number of aliphatic hydroxyl groups is 1. The zero-order chi connectivity index (χ0) is 13.7. The minimum atomic E-state index is -0.311. The number of unbranched alkanes of at least 4 members (excludes halogenated alkanes) is 1. The van der Waals surface area contributed by atoms with Gasteiger partial charge in [0.2, 0.25) is 0 Å². The summed E-state index contributed by atoms with van der Waals surface area (Å²) in [5.74, 6) is 0. The van der Waals surface area contributed by atoms with E-state index in [-0.39, 0.29) is 17.2 Å². The lowest BCUT2D eigenvalue weighted by Crippen LogP contribution is -2.27. The second-order valence-corrected chi connectivity index (χ2v) is 5.02. The largest absolute Gasteiger partial charge is 0.396 e. The summed E-state index contributed by atoms with van der Waals surface area (Å²) < 4.78 is 0. The van der Waals surface area contributed by atoms with Gasteiger partial charge in [-0.05, 0) is 32.2 Å². The van der Waals surface area contributed by atoms with Crippen molar-refractivity contribution in [1.29, 1.82) is 0 Å². The van der Waals surface area contributed by atoms with Gasteiger partial charge >= 0.3 is 0 Å². The number of rotatable bonds is 8. The molecule has 0 saturated heterocycles. The van der Waals surface area contributed by atoms with Crippen molar-refractivity contribution in [2.75, 3.05) is 13.2 Å². The lowest BCUT2D eigenvalue weighted by atomic mass is 10.1. The zero-order valence-corrected chi connectivity index (χ0v) is 11.0. The van der Waals surface area contributed by atoms with Crippen LogP contribution in [0, 0.1) is 10.1 Å². The third-order valence-electron chi connectivity index (χ3n) is 3.48. The molecule has 0 aromatic heterocycles. The molecule has 19 heavy (non-hydrogen) atoms. The Morgan fingerprint density at radius 3 is 2.68 bits per heavy atom. The monoisotopic (exact) mass is 264 g/mol. The zero-order valence-electron chi connectivity index (χ0n) is 11.0. The molecule has 1 fully saturated rings. The maximum absolute atomic E-state index is 11.0. The third-order valence-corrected chi connectivity index (χ3v) is 3.48. The SMILES string of the molecule is O=[N+]([O-])c1ccccc1CN(CCCCO)C1CC1. The van der Waals surface area contributed by atoms with Crippen molar-refractivity contribution in [3.05, 3.63) is 39.9 Å². The molecule has 104 valence electrons. The topological polar surface area (TPSA) is 66.6 Å². The van der Waals surface area contributed by atoms with E-state index in [2.05, 4.69) is 4.90 Å². The molecule has 0 heterocycles. The summed E-state index contributed by atoms with van der Waals surface area (Å²) in [7, 11) is 0. The number of benzene rings is 1. The Labute approximate surface area is 113 Å². The maximum atomic E-state index is 11.0. The normalized spacial score (nSPS) is 14.8. The molecule has 5 nitrogen and oxygen atoms in total. The van der Waals surface area contributed by atoms with Crippen molar-refractivity contribution in [3.63, 3.8) is 0 Å². The molecule has 0 radical (unpaired) electrons. The Balaban J connectivity index is 2.02. The Hall–Kier alpha value is -1.46. The molecule has 0 bridgehead atoms. The van der Waals surface area contributed by atoms with E-state index in [1.54, 1.807) is 12.1 Å². The molecular formula is C14H20N2O3. The average Bonchev–Trinajstić information content (AvgIpc) is 3.22. The average molecular weight is 264 g/mol. The van der Waals surface area contributed by atoms with E-state index in [4.69, 9.17) is 5.11 Å². The van der Waals surface area contributed by atoms with Crippen LogP contribution in [-0.4, -0.2) is 34.1 Å². The van der Waals surface area contributed by atoms with Gasteiger partial charge < -0.3 is 5.11 Å². The molecule has 1 aromatic rings. The molecule has 5 heteroatoms. The lowest BCUT2D eigenvalue weighted by molar-refractivity contribution is -0.385. The number of hydrogen-bond acceptors (Lipinski definition) is 4. The second-order valence-electron chi connectivity index (χ2n) is 5.02. The second kappa shape index (κ2) is 6.63. The van der Waals surface area contributed by atoms with Crippen molar-refractivity contribution in [1.82, 2.24) is 4.90 Å². The van der Waals surface area contributed by atoms with Crippen molar-refractivity contribution in [2.24, 2.45) is 0 Å².